The zero-order valence-electron chi connectivity index (χ0n) is 14.7. The van der Waals surface area contributed by atoms with Crippen molar-refractivity contribution < 1.29 is 18.0 Å². The topological polar surface area (TPSA) is 54.9 Å². The number of rotatable bonds is 6. The van der Waals surface area contributed by atoms with E-state index in [-0.39, 0.29) is 22.7 Å². The average Bonchev–Trinajstić information content (AvgIpc) is 2.59. The third-order valence-electron chi connectivity index (χ3n) is 3.40. The Morgan fingerprint density at radius 2 is 1.81 bits per heavy atom. The number of amides is 1. The lowest BCUT2D eigenvalue weighted by molar-refractivity contribution is -0.141. The van der Waals surface area contributed by atoms with Gasteiger partial charge in [0.25, 0.3) is 0 Å². The highest BCUT2D eigenvalue weighted by molar-refractivity contribution is 8.00. The fourth-order valence-corrected chi connectivity index (χ4v) is 2.85. The van der Waals surface area contributed by atoms with Crippen LogP contribution in [0.25, 0.3) is 11.3 Å². The van der Waals surface area contributed by atoms with E-state index in [1.54, 1.807) is 37.3 Å². The van der Waals surface area contributed by atoms with Gasteiger partial charge >= 0.3 is 6.18 Å². The van der Waals surface area contributed by atoms with Crippen molar-refractivity contribution in [3.05, 3.63) is 42.1 Å². The highest BCUT2D eigenvalue weighted by Gasteiger charge is 2.34. The van der Waals surface area contributed by atoms with E-state index in [0.29, 0.717) is 12.1 Å². The van der Waals surface area contributed by atoms with Gasteiger partial charge in [0.05, 0.1) is 10.9 Å². The summed E-state index contributed by atoms with van der Waals surface area (Å²) in [5.74, 6) is 0.0246. The molecule has 140 valence electrons. The number of nitrogens with zero attached hydrogens (tertiary/aromatic N) is 2. The van der Waals surface area contributed by atoms with Crippen molar-refractivity contribution in [1.29, 1.82) is 0 Å². The molecule has 0 saturated carbocycles. The molecule has 0 spiro atoms. The van der Waals surface area contributed by atoms with Crippen LogP contribution in [0.15, 0.2) is 41.6 Å². The molecular formula is C18H20F3N3OS. The largest absolute Gasteiger partial charge is 0.433 e. The second-order valence-electron chi connectivity index (χ2n) is 6.18. The SMILES string of the molecule is CC(C)CNC(=O)[C@@H](C)Sc1nc(-c2ccccc2)cc(C(F)(F)F)n1. The number of halogens is 3. The minimum Gasteiger partial charge on any atom is -0.355 e. The Kier molecular flexibility index (Phi) is 6.63. The fourth-order valence-electron chi connectivity index (χ4n) is 2.04. The minimum absolute atomic E-state index is 0.0779. The molecular weight excluding hydrogens is 363 g/mol. The van der Waals surface area contributed by atoms with Gasteiger partial charge in [-0.05, 0) is 18.9 Å². The average molecular weight is 383 g/mol. The van der Waals surface area contributed by atoms with E-state index in [1.165, 1.54) is 0 Å². The van der Waals surface area contributed by atoms with E-state index in [1.807, 2.05) is 13.8 Å². The molecule has 1 aromatic heterocycles. The Labute approximate surface area is 154 Å². The monoisotopic (exact) mass is 383 g/mol. The third-order valence-corrected chi connectivity index (χ3v) is 4.36. The van der Waals surface area contributed by atoms with Crippen molar-refractivity contribution in [3.63, 3.8) is 0 Å². The molecule has 0 aliphatic heterocycles. The molecule has 0 fully saturated rings. The van der Waals surface area contributed by atoms with Gasteiger partial charge < -0.3 is 5.32 Å². The van der Waals surface area contributed by atoms with Crippen LogP contribution < -0.4 is 5.32 Å². The molecule has 0 aliphatic rings. The molecule has 1 amide bonds. The standard InChI is InChI=1S/C18H20F3N3OS/c1-11(2)10-22-16(25)12(3)26-17-23-14(13-7-5-4-6-8-13)9-15(24-17)18(19,20)21/h4-9,11-12H,10H2,1-3H3,(H,22,25)/t12-/m1/s1. The maximum atomic E-state index is 13.2. The molecule has 0 bridgehead atoms. The Bertz CT molecular complexity index is 751. The number of nitrogens with one attached hydrogen (secondary N) is 1. The maximum absolute atomic E-state index is 13.2. The first kappa shape index (κ1) is 20.2. The number of hydrogen-bond donors (Lipinski definition) is 1. The van der Waals surface area contributed by atoms with Crippen molar-refractivity contribution in [3.8, 4) is 11.3 Å². The Morgan fingerprint density at radius 3 is 2.38 bits per heavy atom. The second kappa shape index (κ2) is 8.53. The zero-order chi connectivity index (χ0) is 19.3. The summed E-state index contributed by atoms with van der Waals surface area (Å²) in [6, 6.07) is 9.49. The first-order valence-electron chi connectivity index (χ1n) is 8.13. The molecule has 0 unspecified atom stereocenters. The lowest BCUT2D eigenvalue weighted by atomic mass is 10.1. The van der Waals surface area contributed by atoms with E-state index in [9.17, 15) is 18.0 Å². The van der Waals surface area contributed by atoms with Crippen LogP contribution in [0.3, 0.4) is 0 Å². The van der Waals surface area contributed by atoms with Gasteiger partial charge in [-0.25, -0.2) is 9.97 Å². The summed E-state index contributed by atoms with van der Waals surface area (Å²) in [7, 11) is 0. The minimum atomic E-state index is -4.59. The summed E-state index contributed by atoms with van der Waals surface area (Å²) in [4.78, 5) is 19.9. The van der Waals surface area contributed by atoms with Crippen LogP contribution in [0.5, 0.6) is 0 Å². The Balaban J connectivity index is 2.28. The molecule has 0 radical (unpaired) electrons. The highest BCUT2D eigenvalue weighted by Crippen LogP contribution is 2.32. The summed E-state index contributed by atoms with van der Waals surface area (Å²) >= 11 is 0.908. The molecule has 2 aromatic rings. The van der Waals surface area contributed by atoms with Gasteiger partial charge in [0, 0.05) is 12.1 Å². The van der Waals surface area contributed by atoms with Gasteiger partial charge in [-0.3, -0.25) is 4.79 Å². The highest BCUT2D eigenvalue weighted by atomic mass is 32.2. The lowest BCUT2D eigenvalue weighted by Crippen LogP contribution is -2.33. The van der Waals surface area contributed by atoms with Crippen LogP contribution in [0, 0.1) is 5.92 Å². The Hall–Kier alpha value is -2.09. The molecule has 2 rings (SSSR count). The summed E-state index contributed by atoms with van der Waals surface area (Å²) in [6.45, 7) is 6.04. The molecule has 1 aromatic carbocycles. The first-order valence-corrected chi connectivity index (χ1v) is 9.01. The number of thioether (sulfide) groups is 1. The molecule has 1 heterocycles. The molecule has 8 heteroatoms. The summed E-state index contributed by atoms with van der Waals surface area (Å²) in [6.07, 6.45) is -4.59. The van der Waals surface area contributed by atoms with Gasteiger partial charge in [-0.15, -0.1) is 0 Å². The van der Waals surface area contributed by atoms with Crippen LogP contribution in [-0.2, 0) is 11.0 Å². The third kappa shape index (κ3) is 5.72. The number of aromatic nitrogens is 2. The fraction of sp³-hybridized carbons (Fsp3) is 0.389. The number of carbonyl (C=O) groups excluding carboxylic acids is 1. The van der Waals surface area contributed by atoms with Gasteiger partial charge in [-0.2, -0.15) is 13.2 Å². The summed E-state index contributed by atoms with van der Waals surface area (Å²) in [5, 5.41) is 2.07. The maximum Gasteiger partial charge on any atom is 0.433 e. The van der Waals surface area contributed by atoms with E-state index in [4.69, 9.17) is 0 Å². The zero-order valence-corrected chi connectivity index (χ0v) is 15.5. The summed E-state index contributed by atoms with van der Waals surface area (Å²) in [5.41, 5.74) is -0.298. The van der Waals surface area contributed by atoms with E-state index in [2.05, 4.69) is 15.3 Å². The van der Waals surface area contributed by atoms with Crippen LogP contribution >= 0.6 is 11.8 Å². The molecule has 0 saturated heterocycles. The van der Waals surface area contributed by atoms with E-state index >= 15 is 0 Å². The predicted octanol–water partition coefficient (Wildman–Crippen LogP) is 4.42. The smallest absolute Gasteiger partial charge is 0.355 e. The quantitative estimate of drug-likeness (QED) is 0.593. The number of benzene rings is 1. The van der Waals surface area contributed by atoms with Crippen molar-refractivity contribution in [2.75, 3.05) is 6.54 Å². The van der Waals surface area contributed by atoms with Crippen molar-refractivity contribution in [2.24, 2.45) is 5.92 Å². The molecule has 0 aliphatic carbocycles. The first-order chi connectivity index (χ1) is 12.2. The van der Waals surface area contributed by atoms with Crippen LogP contribution in [0.4, 0.5) is 13.2 Å². The van der Waals surface area contributed by atoms with Crippen LogP contribution in [-0.4, -0.2) is 27.7 Å². The molecule has 1 atom stereocenters. The van der Waals surface area contributed by atoms with Gasteiger partial charge in [0.1, 0.15) is 5.69 Å². The second-order valence-corrected chi connectivity index (χ2v) is 7.49. The van der Waals surface area contributed by atoms with Crippen LogP contribution in [0.1, 0.15) is 26.5 Å². The number of hydrogen-bond acceptors (Lipinski definition) is 4. The summed E-state index contributed by atoms with van der Waals surface area (Å²) < 4.78 is 39.6. The predicted molar refractivity (Wildman–Crippen MR) is 95.6 cm³/mol. The van der Waals surface area contributed by atoms with Crippen LogP contribution in [0.2, 0.25) is 0 Å². The van der Waals surface area contributed by atoms with Gasteiger partial charge in [-0.1, -0.05) is 55.9 Å². The van der Waals surface area contributed by atoms with Gasteiger partial charge in [0.15, 0.2) is 5.16 Å². The number of carbonyl (C=O) groups is 1. The molecule has 26 heavy (non-hydrogen) atoms. The van der Waals surface area contributed by atoms with Crippen molar-refractivity contribution >= 4 is 17.7 Å². The van der Waals surface area contributed by atoms with Crippen molar-refractivity contribution in [1.82, 2.24) is 15.3 Å². The van der Waals surface area contributed by atoms with E-state index < -0.39 is 17.1 Å². The number of alkyl halides is 3. The normalized spacial score (nSPS) is 12.9. The molecule has 1 N–H and O–H groups in total. The Morgan fingerprint density at radius 1 is 1.15 bits per heavy atom. The van der Waals surface area contributed by atoms with E-state index in [0.717, 1.165) is 17.8 Å². The van der Waals surface area contributed by atoms with Crippen molar-refractivity contribution in [2.45, 2.75) is 37.4 Å². The van der Waals surface area contributed by atoms with Gasteiger partial charge in [0.2, 0.25) is 5.91 Å². The lowest BCUT2D eigenvalue weighted by Gasteiger charge is -2.14. The molecule has 4 nitrogen and oxygen atoms in total.